The fraction of sp³-hybridized carbons (Fsp3) is 0.0588. The van der Waals surface area contributed by atoms with Gasteiger partial charge in [0.15, 0.2) is 5.82 Å². The van der Waals surface area contributed by atoms with Gasteiger partial charge in [-0.2, -0.15) is 0 Å². The molecule has 2 aromatic heterocycles. The second-order valence-corrected chi connectivity index (χ2v) is 6.82. The minimum Gasteiger partial charge on any atom is -0.335 e. The lowest BCUT2D eigenvalue weighted by molar-refractivity contribution is 0.848. The van der Waals surface area contributed by atoms with Crippen LogP contribution in [-0.2, 0) is 5.75 Å². The number of H-pyrrole nitrogens is 1. The minimum absolute atomic E-state index is 0.169. The molecule has 0 aliphatic carbocycles. The molecule has 0 amide bonds. The number of halogens is 1. The number of hydrogen-bond acceptors (Lipinski definition) is 6. The summed E-state index contributed by atoms with van der Waals surface area (Å²) >= 11 is 7.52. The van der Waals surface area contributed by atoms with Crippen LogP contribution >= 0.6 is 23.4 Å². The van der Waals surface area contributed by atoms with Gasteiger partial charge < -0.3 is 10.8 Å². The molecule has 0 aliphatic heterocycles. The van der Waals surface area contributed by atoms with E-state index in [4.69, 9.17) is 17.4 Å². The van der Waals surface area contributed by atoms with Gasteiger partial charge in [0, 0.05) is 5.56 Å². The molecule has 2 heterocycles. The first kappa shape index (κ1) is 16.6. The molecule has 26 heavy (non-hydrogen) atoms. The maximum absolute atomic E-state index is 12.1. The third-order valence-corrected chi connectivity index (χ3v) is 5.06. The summed E-state index contributed by atoms with van der Waals surface area (Å²) in [6.45, 7) is 0. The molecular weight excluding hydrogens is 372 g/mol. The third-order valence-electron chi connectivity index (χ3n) is 3.78. The minimum atomic E-state index is -0.169. The quantitative estimate of drug-likeness (QED) is 0.414. The summed E-state index contributed by atoms with van der Waals surface area (Å²) < 4.78 is 1.38. The lowest BCUT2D eigenvalue weighted by Crippen LogP contribution is -2.13. The Balaban J connectivity index is 1.60. The average molecular weight is 385 g/mol. The largest absolute Gasteiger partial charge is 0.335 e. The van der Waals surface area contributed by atoms with Gasteiger partial charge >= 0.3 is 0 Å². The number of aromatic nitrogens is 5. The van der Waals surface area contributed by atoms with Crippen LogP contribution in [0.25, 0.3) is 22.3 Å². The van der Waals surface area contributed by atoms with E-state index in [-0.39, 0.29) is 5.56 Å². The van der Waals surface area contributed by atoms with Crippen molar-refractivity contribution >= 4 is 34.3 Å². The molecule has 4 aromatic rings. The Morgan fingerprint density at radius 1 is 1.12 bits per heavy atom. The number of hydrogen-bond donors (Lipinski definition) is 2. The zero-order valence-corrected chi connectivity index (χ0v) is 15.0. The second-order valence-electron chi connectivity index (χ2n) is 5.47. The van der Waals surface area contributed by atoms with Crippen molar-refractivity contribution in [3.63, 3.8) is 0 Å². The number of aromatic amines is 1. The number of rotatable bonds is 4. The summed E-state index contributed by atoms with van der Waals surface area (Å²) in [5.74, 6) is 7.52. The van der Waals surface area contributed by atoms with Gasteiger partial charge in [-0.05, 0) is 24.3 Å². The molecule has 9 heteroatoms. The van der Waals surface area contributed by atoms with Crippen molar-refractivity contribution < 1.29 is 0 Å². The molecule has 130 valence electrons. The Hall–Kier alpha value is -2.84. The van der Waals surface area contributed by atoms with E-state index >= 15 is 0 Å². The van der Waals surface area contributed by atoms with Crippen LogP contribution in [0.5, 0.6) is 0 Å². The van der Waals surface area contributed by atoms with Crippen LogP contribution in [0.1, 0.15) is 5.82 Å². The molecule has 0 unspecified atom stereocenters. The van der Waals surface area contributed by atoms with Gasteiger partial charge in [-0.3, -0.25) is 4.79 Å². The molecule has 2 aromatic carbocycles. The number of thioether (sulfide) groups is 1. The number of nitrogen functional groups attached to an aromatic ring is 1. The smallest absolute Gasteiger partial charge is 0.258 e. The topological polar surface area (TPSA) is 102 Å². The standard InChI is InChI=1S/C17H13ClN6OS/c18-12-7-3-1-5-10(12)15-22-23-17(24(15)19)26-9-14-20-13-8-4-2-6-11(13)16(25)21-14/h1-8H,9,19H2,(H,20,21,25). The Labute approximate surface area is 157 Å². The number of nitrogens with two attached hydrogens (primary N) is 1. The first-order chi connectivity index (χ1) is 12.6. The molecule has 0 radical (unpaired) electrons. The van der Waals surface area contributed by atoms with E-state index in [1.165, 1.54) is 16.4 Å². The molecule has 0 atom stereocenters. The van der Waals surface area contributed by atoms with Gasteiger partial charge in [0.2, 0.25) is 5.16 Å². The number of para-hydroxylation sites is 1. The maximum atomic E-state index is 12.1. The summed E-state index contributed by atoms with van der Waals surface area (Å²) in [4.78, 5) is 19.4. The van der Waals surface area contributed by atoms with Crippen LogP contribution in [-0.4, -0.2) is 24.8 Å². The van der Waals surface area contributed by atoms with Crippen molar-refractivity contribution in [1.29, 1.82) is 0 Å². The lowest BCUT2D eigenvalue weighted by atomic mass is 10.2. The van der Waals surface area contributed by atoms with Crippen LogP contribution in [0.4, 0.5) is 0 Å². The van der Waals surface area contributed by atoms with Crippen molar-refractivity contribution in [2.24, 2.45) is 0 Å². The van der Waals surface area contributed by atoms with E-state index in [0.717, 1.165) is 0 Å². The van der Waals surface area contributed by atoms with Gasteiger partial charge in [0.25, 0.3) is 5.56 Å². The molecular formula is C17H13ClN6OS. The molecule has 4 rings (SSSR count). The summed E-state index contributed by atoms with van der Waals surface area (Å²) in [5.41, 5.74) is 1.18. The van der Waals surface area contributed by atoms with Crippen LogP contribution in [0.15, 0.2) is 58.5 Å². The SMILES string of the molecule is Nn1c(SCc2nc3ccccc3c(=O)[nH]2)nnc1-c1ccccc1Cl. The van der Waals surface area contributed by atoms with E-state index < -0.39 is 0 Å². The van der Waals surface area contributed by atoms with E-state index in [1.54, 1.807) is 24.3 Å². The Kier molecular flexibility index (Phi) is 4.36. The first-order valence-corrected chi connectivity index (χ1v) is 9.06. The van der Waals surface area contributed by atoms with Gasteiger partial charge in [0.05, 0.1) is 21.7 Å². The molecule has 0 spiro atoms. The monoisotopic (exact) mass is 384 g/mol. The predicted molar refractivity (Wildman–Crippen MR) is 103 cm³/mol. The molecule has 0 saturated heterocycles. The zero-order valence-electron chi connectivity index (χ0n) is 13.4. The van der Waals surface area contributed by atoms with Crippen molar-refractivity contribution in [3.8, 4) is 11.4 Å². The predicted octanol–water partition coefficient (Wildman–Crippen LogP) is 2.84. The molecule has 0 bridgehead atoms. The first-order valence-electron chi connectivity index (χ1n) is 7.69. The number of nitrogens with zero attached hydrogens (tertiary/aromatic N) is 4. The zero-order chi connectivity index (χ0) is 18.1. The molecule has 0 saturated carbocycles. The fourth-order valence-electron chi connectivity index (χ4n) is 2.54. The molecule has 0 fully saturated rings. The molecule has 7 nitrogen and oxygen atoms in total. The van der Waals surface area contributed by atoms with E-state index in [9.17, 15) is 4.79 Å². The van der Waals surface area contributed by atoms with E-state index in [1.807, 2.05) is 24.3 Å². The average Bonchev–Trinajstić information content (AvgIpc) is 3.01. The Bertz CT molecular complexity index is 1160. The van der Waals surface area contributed by atoms with Gasteiger partial charge in [-0.25, -0.2) is 9.66 Å². The van der Waals surface area contributed by atoms with Crippen LogP contribution in [0.2, 0.25) is 5.02 Å². The lowest BCUT2D eigenvalue weighted by Gasteiger charge is -2.05. The highest BCUT2D eigenvalue weighted by Gasteiger charge is 2.15. The maximum Gasteiger partial charge on any atom is 0.258 e. The van der Waals surface area contributed by atoms with Gasteiger partial charge in [0.1, 0.15) is 5.82 Å². The van der Waals surface area contributed by atoms with Crippen molar-refractivity contribution in [2.75, 3.05) is 5.84 Å². The normalized spacial score (nSPS) is 11.1. The van der Waals surface area contributed by atoms with Gasteiger partial charge in [-0.15, -0.1) is 10.2 Å². The second kappa shape index (κ2) is 6.81. The molecule has 0 aliphatic rings. The highest BCUT2D eigenvalue weighted by molar-refractivity contribution is 7.98. The summed E-state index contributed by atoms with van der Waals surface area (Å²) in [7, 11) is 0. The van der Waals surface area contributed by atoms with Crippen LogP contribution in [0.3, 0.4) is 0 Å². The third kappa shape index (κ3) is 3.04. The number of nitrogens with one attached hydrogen (secondary N) is 1. The Morgan fingerprint density at radius 3 is 2.73 bits per heavy atom. The van der Waals surface area contributed by atoms with Crippen LogP contribution in [0, 0.1) is 0 Å². The van der Waals surface area contributed by atoms with Crippen molar-refractivity contribution in [1.82, 2.24) is 24.8 Å². The fourth-order valence-corrected chi connectivity index (χ4v) is 3.48. The summed E-state index contributed by atoms with van der Waals surface area (Å²) in [5, 5.41) is 9.82. The summed E-state index contributed by atoms with van der Waals surface area (Å²) in [6, 6.07) is 14.5. The highest BCUT2D eigenvalue weighted by atomic mass is 35.5. The van der Waals surface area contributed by atoms with Gasteiger partial charge in [-0.1, -0.05) is 47.6 Å². The summed E-state index contributed by atoms with van der Waals surface area (Å²) in [6.07, 6.45) is 0. The van der Waals surface area contributed by atoms with Crippen LogP contribution < -0.4 is 11.4 Å². The number of fused-ring (bicyclic) bond motifs is 1. The van der Waals surface area contributed by atoms with Crippen molar-refractivity contribution in [2.45, 2.75) is 10.9 Å². The van der Waals surface area contributed by atoms with E-state index in [0.29, 0.717) is 44.0 Å². The molecule has 3 N–H and O–H groups in total. The Morgan fingerprint density at radius 2 is 1.88 bits per heavy atom. The number of benzene rings is 2. The van der Waals surface area contributed by atoms with E-state index in [2.05, 4.69) is 20.2 Å². The highest BCUT2D eigenvalue weighted by Crippen LogP contribution is 2.28. The van der Waals surface area contributed by atoms with Crippen molar-refractivity contribution in [3.05, 3.63) is 69.7 Å².